The Morgan fingerprint density at radius 2 is 2.00 bits per heavy atom. The first-order valence-electron chi connectivity index (χ1n) is 10.3. The van der Waals surface area contributed by atoms with Crippen molar-refractivity contribution >= 4 is 17.7 Å². The van der Waals surface area contributed by atoms with Gasteiger partial charge in [0.15, 0.2) is 0 Å². The molecule has 2 aromatic carbocycles. The fourth-order valence-electron chi connectivity index (χ4n) is 4.23. The summed E-state index contributed by atoms with van der Waals surface area (Å²) in [6, 6.07) is 15.1. The highest BCUT2D eigenvalue weighted by Gasteiger charge is 2.35. The summed E-state index contributed by atoms with van der Waals surface area (Å²) < 4.78 is 21.5. The van der Waals surface area contributed by atoms with Crippen LogP contribution in [0.5, 0.6) is 0 Å². The molecule has 0 saturated carbocycles. The number of hydrogen-bond donors (Lipinski definition) is 0. The third kappa shape index (κ3) is 3.94. The molecule has 0 spiro atoms. The Kier molecular flexibility index (Phi) is 5.81. The van der Waals surface area contributed by atoms with Gasteiger partial charge in [0.05, 0.1) is 28.7 Å². The molecular weight excluding hydrogens is 399 g/mol. The monoisotopic (exact) mass is 424 g/mol. The highest BCUT2D eigenvalue weighted by atomic mass is 35.5. The van der Waals surface area contributed by atoms with Crippen molar-refractivity contribution in [2.24, 2.45) is 5.41 Å². The van der Waals surface area contributed by atoms with E-state index in [1.165, 1.54) is 22.8 Å². The zero-order chi connectivity index (χ0) is 21.3. The Labute approximate surface area is 182 Å². The van der Waals surface area contributed by atoms with Gasteiger partial charge in [-0.05, 0) is 67.5 Å². The first kappa shape index (κ1) is 20.8. The van der Waals surface area contributed by atoms with Crippen molar-refractivity contribution in [1.29, 1.82) is 0 Å². The molecule has 3 aromatic rings. The number of halogens is 2. The second-order valence-corrected chi connectivity index (χ2v) is 8.60. The van der Waals surface area contributed by atoms with Crippen LogP contribution >= 0.6 is 11.6 Å². The van der Waals surface area contributed by atoms with Crippen molar-refractivity contribution in [2.75, 3.05) is 6.61 Å². The van der Waals surface area contributed by atoms with Crippen molar-refractivity contribution in [1.82, 2.24) is 9.78 Å². The summed E-state index contributed by atoms with van der Waals surface area (Å²) in [4.78, 5) is 0. The van der Waals surface area contributed by atoms with Gasteiger partial charge in [-0.25, -0.2) is 9.07 Å². The topological polar surface area (TPSA) is 27.1 Å². The van der Waals surface area contributed by atoms with Gasteiger partial charge in [-0.1, -0.05) is 54.4 Å². The van der Waals surface area contributed by atoms with E-state index in [1.54, 1.807) is 12.1 Å². The van der Waals surface area contributed by atoms with Crippen LogP contribution in [0.2, 0.25) is 5.02 Å². The van der Waals surface area contributed by atoms with Gasteiger partial charge in [0.1, 0.15) is 5.82 Å². The zero-order valence-electron chi connectivity index (χ0n) is 17.5. The molecule has 1 aromatic heterocycles. The second kappa shape index (κ2) is 8.37. The van der Waals surface area contributed by atoms with Gasteiger partial charge in [-0.2, -0.15) is 5.10 Å². The molecule has 156 valence electrons. The van der Waals surface area contributed by atoms with Gasteiger partial charge in [0.2, 0.25) is 0 Å². The zero-order valence-corrected chi connectivity index (χ0v) is 18.3. The van der Waals surface area contributed by atoms with Crippen LogP contribution in [0.3, 0.4) is 0 Å². The molecule has 0 bridgehead atoms. The molecule has 0 N–H and O–H groups in total. The number of rotatable bonds is 6. The maximum Gasteiger partial charge on any atom is 0.141 e. The van der Waals surface area contributed by atoms with E-state index in [-0.39, 0.29) is 16.5 Å². The normalized spacial score (nSPS) is 19.3. The molecule has 3 nitrogen and oxygen atoms in total. The van der Waals surface area contributed by atoms with Crippen molar-refractivity contribution < 1.29 is 9.13 Å². The highest BCUT2D eigenvalue weighted by molar-refractivity contribution is 6.30. The number of hydrogen-bond acceptors (Lipinski definition) is 2. The summed E-state index contributed by atoms with van der Waals surface area (Å²) in [6.07, 6.45) is 5.90. The number of fused-ring (bicyclic) bond motifs is 1. The summed E-state index contributed by atoms with van der Waals surface area (Å²) in [6.45, 7) is 7.18. The van der Waals surface area contributed by atoms with Gasteiger partial charge < -0.3 is 4.74 Å². The van der Waals surface area contributed by atoms with Crippen LogP contribution in [0.1, 0.15) is 50.1 Å². The van der Waals surface area contributed by atoms with E-state index in [9.17, 15) is 4.39 Å². The van der Waals surface area contributed by atoms with Crippen LogP contribution in [0.15, 0.2) is 60.3 Å². The van der Waals surface area contributed by atoms with Crippen LogP contribution < -0.4 is 0 Å². The Bertz CT molecular complexity index is 1080. The fourth-order valence-corrected chi connectivity index (χ4v) is 4.40. The first-order valence-corrected chi connectivity index (χ1v) is 10.7. The molecule has 1 aliphatic carbocycles. The van der Waals surface area contributed by atoms with E-state index >= 15 is 0 Å². The lowest BCUT2D eigenvalue weighted by atomic mass is 9.70. The van der Waals surface area contributed by atoms with Crippen LogP contribution in [0.4, 0.5) is 4.39 Å². The molecular formula is C25H26ClFN2O. The highest BCUT2D eigenvalue weighted by Crippen LogP contribution is 2.45. The van der Waals surface area contributed by atoms with Gasteiger partial charge in [0.25, 0.3) is 0 Å². The van der Waals surface area contributed by atoms with Crippen molar-refractivity contribution in [3.63, 3.8) is 0 Å². The predicted molar refractivity (Wildman–Crippen MR) is 119 cm³/mol. The summed E-state index contributed by atoms with van der Waals surface area (Å²) in [7, 11) is 0. The molecule has 2 unspecified atom stereocenters. The second-order valence-electron chi connectivity index (χ2n) is 8.19. The van der Waals surface area contributed by atoms with Gasteiger partial charge in [0, 0.05) is 6.61 Å². The van der Waals surface area contributed by atoms with E-state index in [0.29, 0.717) is 6.61 Å². The SMILES string of the molecule is CCOC(CC1(C)Cc2cnn(-c3ccc(F)c(Cl)c3)c2C=C1C)c1ccccc1. The molecule has 0 fully saturated rings. The van der Waals surface area contributed by atoms with Crippen LogP contribution in [0, 0.1) is 11.2 Å². The third-order valence-electron chi connectivity index (χ3n) is 6.09. The lowest BCUT2D eigenvalue weighted by Gasteiger charge is -2.37. The molecule has 0 aliphatic heterocycles. The van der Waals surface area contributed by atoms with Crippen molar-refractivity contribution in [3.05, 3.63) is 88.0 Å². The van der Waals surface area contributed by atoms with Crippen LogP contribution in [0.25, 0.3) is 11.8 Å². The summed E-state index contributed by atoms with van der Waals surface area (Å²) >= 11 is 5.99. The van der Waals surface area contributed by atoms with E-state index in [0.717, 1.165) is 24.2 Å². The molecule has 0 radical (unpaired) electrons. The Balaban J connectivity index is 1.65. The average molecular weight is 425 g/mol. The van der Waals surface area contributed by atoms with Crippen LogP contribution in [-0.2, 0) is 11.2 Å². The van der Waals surface area contributed by atoms with Crippen LogP contribution in [-0.4, -0.2) is 16.4 Å². The summed E-state index contributed by atoms with van der Waals surface area (Å²) in [5.74, 6) is -0.427. The maximum atomic E-state index is 13.6. The molecule has 2 atom stereocenters. The standard InChI is InChI=1S/C25H26ClFN2O/c1-4-30-24(18-8-6-5-7-9-18)15-25(3)14-19-16-28-29(23(19)12-17(25)2)20-10-11-22(27)21(26)13-20/h5-13,16,24H,4,14-15H2,1-3H3. The van der Waals surface area contributed by atoms with E-state index in [2.05, 4.69) is 49.3 Å². The third-order valence-corrected chi connectivity index (χ3v) is 6.38. The molecule has 0 saturated heterocycles. The van der Waals surface area contributed by atoms with Gasteiger partial charge in [-0.15, -0.1) is 0 Å². The summed E-state index contributed by atoms with van der Waals surface area (Å²) in [5.41, 5.74) is 5.40. The Morgan fingerprint density at radius 1 is 1.23 bits per heavy atom. The number of nitrogens with zero attached hydrogens (tertiary/aromatic N) is 2. The smallest absolute Gasteiger partial charge is 0.141 e. The number of allylic oxidation sites excluding steroid dienone is 1. The Morgan fingerprint density at radius 3 is 2.70 bits per heavy atom. The predicted octanol–water partition coefficient (Wildman–Crippen LogP) is 6.80. The fraction of sp³-hybridized carbons (Fsp3) is 0.320. The first-order chi connectivity index (χ1) is 14.4. The molecule has 0 amide bonds. The minimum atomic E-state index is -0.427. The average Bonchev–Trinajstić information content (AvgIpc) is 3.13. The summed E-state index contributed by atoms with van der Waals surface area (Å²) in [5, 5.41) is 4.67. The minimum Gasteiger partial charge on any atom is -0.374 e. The van der Waals surface area contributed by atoms with Crippen molar-refractivity contribution in [3.8, 4) is 5.69 Å². The van der Waals surface area contributed by atoms with E-state index in [4.69, 9.17) is 16.3 Å². The lowest BCUT2D eigenvalue weighted by Crippen LogP contribution is -2.28. The molecule has 4 rings (SSSR count). The molecule has 1 aliphatic rings. The Hall–Kier alpha value is -2.43. The van der Waals surface area contributed by atoms with Gasteiger partial charge in [-0.3, -0.25) is 0 Å². The van der Waals surface area contributed by atoms with E-state index in [1.807, 2.05) is 23.9 Å². The maximum absolute atomic E-state index is 13.6. The quantitative estimate of drug-likeness (QED) is 0.435. The largest absolute Gasteiger partial charge is 0.374 e. The van der Waals surface area contributed by atoms with E-state index < -0.39 is 5.82 Å². The molecule has 30 heavy (non-hydrogen) atoms. The molecule has 1 heterocycles. The minimum absolute atomic E-state index is 0.0389. The molecule has 5 heteroatoms. The van der Waals surface area contributed by atoms with Crippen molar-refractivity contribution in [2.45, 2.75) is 39.7 Å². The van der Waals surface area contributed by atoms with Gasteiger partial charge >= 0.3 is 0 Å². The number of ether oxygens (including phenoxy) is 1. The lowest BCUT2D eigenvalue weighted by molar-refractivity contribution is 0.0324. The number of aromatic nitrogens is 2. The number of benzene rings is 2.